The molecule has 2 N–H and O–H groups in total. The van der Waals surface area contributed by atoms with Crippen molar-refractivity contribution < 1.29 is 17.9 Å². The maximum Gasteiger partial charge on any atom is 0.419 e. The van der Waals surface area contributed by atoms with Crippen LogP contribution in [0.25, 0.3) is 0 Å². The average molecular weight is 332 g/mol. The summed E-state index contributed by atoms with van der Waals surface area (Å²) in [6.45, 7) is 0. The van der Waals surface area contributed by atoms with E-state index in [-0.39, 0.29) is 21.5 Å². The van der Waals surface area contributed by atoms with E-state index in [0.29, 0.717) is 5.56 Å². The van der Waals surface area contributed by atoms with E-state index in [1.54, 1.807) is 0 Å². The lowest BCUT2D eigenvalue weighted by Crippen LogP contribution is -2.09. The number of hydrogen-bond acceptors (Lipinski definition) is 2. The molecule has 2 nitrogen and oxygen atoms in total. The zero-order valence-electron chi connectivity index (χ0n) is 10.4. The van der Waals surface area contributed by atoms with Crippen molar-refractivity contribution in [2.45, 2.75) is 6.18 Å². The number of alkyl halides is 3. The molecule has 0 aliphatic rings. The molecule has 0 unspecified atom stereocenters. The van der Waals surface area contributed by atoms with Crippen LogP contribution in [-0.2, 0) is 6.18 Å². The topological polar surface area (TPSA) is 35.2 Å². The van der Waals surface area contributed by atoms with E-state index in [1.807, 2.05) is 0 Å². The molecule has 0 radical (unpaired) electrons. The summed E-state index contributed by atoms with van der Waals surface area (Å²) in [4.78, 5) is 0.138. The summed E-state index contributed by atoms with van der Waals surface area (Å²) in [5.74, 6) is -0.233. The molecule has 0 amide bonds. The Kier molecular flexibility index (Phi) is 4.39. The molecule has 2 aromatic rings. The molecule has 0 spiro atoms. The lowest BCUT2D eigenvalue weighted by molar-refractivity contribution is -0.138. The van der Waals surface area contributed by atoms with Gasteiger partial charge in [0.15, 0.2) is 0 Å². The number of hydrogen-bond donors (Lipinski definition) is 1. The SMILES string of the molecule is NC(=S)c1ccc(Oc2ccccc2C(F)(F)F)c(Cl)c1. The van der Waals surface area contributed by atoms with Gasteiger partial charge >= 0.3 is 6.18 Å². The molecule has 0 heterocycles. The van der Waals surface area contributed by atoms with E-state index in [4.69, 9.17) is 34.3 Å². The fraction of sp³-hybridized carbons (Fsp3) is 0.0714. The first-order valence-corrected chi connectivity index (χ1v) is 6.51. The molecule has 0 aliphatic carbocycles. The number of halogens is 4. The Labute approximate surface area is 129 Å². The average Bonchev–Trinajstić information content (AvgIpc) is 2.40. The van der Waals surface area contributed by atoms with E-state index in [0.717, 1.165) is 6.07 Å². The Morgan fingerprint density at radius 3 is 2.33 bits per heavy atom. The summed E-state index contributed by atoms with van der Waals surface area (Å²) in [6.07, 6.45) is -4.51. The third-order valence-corrected chi connectivity index (χ3v) is 3.16. The molecule has 0 aromatic heterocycles. The standard InChI is InChI=1S/C14H9ClF3NOS/c15-10-7-8(13(19)21)5-6-12(10)20-11-4-2-1-3-9(11)14(16,17)18/h1-7H,(H2,19,21). The number of para-hydroxylation sites is 1. The molecular formula is C14H9ClF3NOS. The van der Waals surface area contributed by atoms with E-state index in [2.05, 4.69) is 0 Å². The highest BCUT2D eigenvalue weighted by molar-refractivity contribution is 7.80. The van der Waals surface area contributed by atoms with Gasteiger partial charge in [-0.15, -0.1) is 0 Å². The largest absolute Gasteiger partial charge is 0.455 e. The number of thiocarbonyl (C=S) groups is 1. The van der Waals surface area contributed by atoms with Crippen molar-refractivity contribution in [2.24, 2.45) is 5.73 Å². The number of rotatable bonds is 3. The molecule has 110 valence electrons. The molecule has 0 fully saturated rings. The van der Waals surface area contributed by atoms with Crippen molar-refractivity contribution in [3.63, 3.8) is 0 Å². The van der Waals surface area contributed by atoms with Gasteiger partial charge in [-0.3, -0.25) is 0 Å². The third-order valence-electron chi connectivity index (χ3n) is 2.63. The van der Waals surface area contributed by atoms with Gasteiger partial charge in [-0.25, -0.2) is 0 Å². The second kappa shape index (κ2) is 5.91. The monoisotopic (exact) mass is 331 g/mol. The van der Waals surface area contributed by atoms with Crippen LogP contribution < -0.4 is 10.5 Å². The Bertz CT molecular complexity index is 688. The van der Waals surface area contributed by atoms with Crippen LogP contribution in [0.4, 0.5) is 13.2 Å². The predicted octanol–water partition coefficient (Wildman–Crippen LogP) is 4.79. The maximum absolute atomic E-state index is 12.9. The Balaban J connectivity index is 2.38. The van der Waals surface area contributed by atoms with Crippen LogP contribution >= 0.6 is 23.8 Å². The zero-order chi connectivity index (χ0) is 15.6. The minimum absolute atomic E-state index is 0.0911. The second-order valence-corrected chi connectivity index (χ2v) is 4.95. The van der Waals surface area contributed by atoms with Gasteiger partial charge in [0.2, 0.25) is 0 Å². The summed E-state index contributed by atoms with van der Waals surface area (Å²) in [7, 11) is 0. The Hall–Kier alpha value is -1.79. The van der Waals surface area contributed by atoms with Crippen LogP contribution in [-0.4, -0.2) is 4.99 Å². The predicted molar refractivity (Wildman–Crippen MR) is 78.9 cm³/mol. The summed E-state index contributed by atoms with van der Waals surface area (Å²) < 4.78 is 43.9. The van der Waals surface area contributed by atoms with Crippen molar-refractivity contribution in [1.82, 2.24) is 0 Å². The first-order chi connectivity index (χ1) is 9.79. The molecule has 0 bridgehead atoms. The van der Waals surface area contributed by atoms with Crippen molar-refractivity contribution >= 4 is 28.8 Å². The van der Waals surface area contributed by atoms with E-state index in [1.165, 1.54) is 36.4 Å². The van der Waals surface area contributed by atoms with Gasteiger partial charge in [0.1, 0.15) is 16.5 Å². The van der Waals surface area contributed by atoms with Crippen LogP contribution in [0, 0.1) is 0 Å². The van der Waals surface area contributed by atoms with E-state index >= 15 is 0 Å². The first kappa shape index (κ1) is 15.6. The highest BCUT2D eigenvalue weighted by atomic mass is 35.5. The fourth-order valence-corrected chi connectivity index (χ4v) is 1.99. The molecule has 0 saturated carbocycles. The molecular weight excluding hydrogens is 323 g/mol. The molecule has 0 saturated heterocycles. The molecule has 0 aliphatic heterocycles. The van der Waals surface area contributed by atoms with Gasteiger partial charge < -0.3 is 10.5 Å². The summed E-state index contributed by atoms with van der Waals surface area (Å²) in [5, 5.41) is 0.122. The lowest BCUT2D eigenvalue weighted by Gasteiger charge is -2.14. The van der Waals surface area contributed by atoms with Gasteiger partial charge in [0.25, 0.3) is 0 Å². The maximum atomic E-state index is 12.9. The normalized spacial score (nSPS) is 11.2. The van der Waals surface area contributed by atoms with E-state index < -0.39 is 11.7 Å². The fourth-order valence-electron chi connectivity index (χ4n) is 1.65. The molecule has 2 rings (SSSR count). The van der Waals surface area contributed by atoms with Crippen molar-refractivity contribution in [1.29, 1.82) is 0 Å². The molecule has 0 atom stereocenters. The quantitative estimate of drug-likeness (QED) is 0.822. The zero-order valence-corrected chi connectivity index (χ0v) is 12.0. The molecule has 7 heteroatoms. The summed E-state index contributed by atoms with van der Waals surface area (Å²) >= 11 is 10.8. The first-order valence-electron chi connectivity index (χ1n) is 5.72. The van der Waals surface area contributed by atoms with Gasteiger partial charge in [-0.05, 0) is 30.3 Å². The number of benzene rings is 2. The third kappa shape index (κ3) is 3.65. The van der Waals surface area contributed by atoms with Crippen LogP contribution in [0.3, 0.4) is 0 Å². The smallest absolute Gasteiger partial charge is 0.419 e. The highest BCUT2D eigenvalue weighted by Crippen LogP contribution is 2.39. The van der Waals surface area contributed by atoms with Crippen LogP contribution in [0.2, 0.25) is 5.02 Å². The van der Waals surface area contributed by atoms with Crippen molar-refractivity contribution in [3.05, 3.63) is 58.6 Å². The molecule has 2 aromatic carbocycles. The molecule has 21 heavy (non-hydrogen) atoms. The van der Waals surface area contributed by atoms with Crippen molar-refractivity contribution in [2.75, 3.05) is 0 Å². The van der Waals surface area contributed by atoms with Crippen LogP contribution in [0.5, 0.6) is 11.5 Å². The van der Waals surface area contributed by atoms with Crippen LogP contribution in [0.1, 0.15) is 11.1 Å². The Morgan fingerprint density at radius 2 is 1.76 bits per heavy atom. The van der Waals surface area contributed by atoms with E-state index in [9.17, 15) is 13.2 Å². The minimum atomic E-state index is -4.51. The summed E-state index contributed by atoms with van der Waals surface area (Å²) in [6, 6.07) is 9.28. The second-order valence-electron chi connectivity index (χ2n) is 4.11. The Morgan fingerprint density at radius 1 is 1.10 bits per heavy atom. The van der Waals surface area contributed by atoms with Gasteiger partial charge in [0, 0.05) is 5.56 Å². The summed E-state index contributed by atoms with van der Waals surface area (Å²) in [5.41, 5.74) is 5.08. The number of ether oxygens (including phenoxy) is 1. The number of nitrogens with two attached hydrogens (primary N) is 1. The van der Waals surface area contributed by atoms with Crippen LogP contribution in [0.15, 0.2) is 42.5 Å². The van der Waals surface area contributed by atoms with Gasteiger partial charge in [-0.2, -0.15) is 13.2 Å². The highest BCUT2D eigenvalue weighted by Gasteiger charge is 2.34. The van der Waals surface area contributed by atoms with Crippen molar-refractivity contribution in [3.8, 4) is 11.5 Å². The minimum Gasteiger partial charge on any atom is -0.455 e. The van der Waals surface area contributed by atoms with Gasteiger partial charge in [-0.1, -0.05) is 36.0 Å². The lowest BCUT2D eigenvalue weighted by atomic mass is 10.2. The van der Waals surface area contributed by atoms with Gasteiger partial charge in [0.05, 0.1) is 10.6 Å².